The number of halogens is 3. The van der Waals surface area contributed by atoms with Crippen LogP contribution in [0.25, 0.3) is 0 Å². The number of carbonyl (C=O) groups excluding carboxylic acids is 1. The van der Waals surface area contributed by atoms with E-state index in [0.29, 0.717) is 12.2 Å². The Balaban J connectivity index is 1.94. The molecule has 0 spiro atoms. The number of nitrogens with one attached hydrogen (secondary N) is 1. The van der Waals surface area contributed by atoms with Crippen LogP contribution in [0.3, 0.4) is 0 Å². The van der Waals surface area contributed by atoms with Gasteiger partial charge in [-0.1, -0.05) is 12.1 Å². The van der Waals surface area contributed by atoms with E-state index in [1.165, 1.54) is 7.11 Å². The van der Waals surface area contributed by atoms with E-state index in [-0.39, 0.29) is 13.1 Å². The zero-order valence-electron chi connectivity index (χ0n) is 17.6. The highest BCUT2D eigenvalue weighted by Gasteiger charge is 2.41. The van der Waals surface area contributed by atoms with Crippen molar-refractivity contribution in [1.82, 2.24) is 14.7 Å². The van der Waals surface area contributed by atoms with Crippen LogP contribution in [0.1, 0.15) is 17.2 Å². The molecule has 3 rings (SSSR count). The minimum Gasteiger partial charge on any atom is -0.497 e. The van der Waals surface area contributed by atoms with Crippen LogP contribution in [-0.2, 0) is 16.4 Å². The van der Waals surface area contributed by atoms with E-state index in [1.54, 1.807) is 24.3 Å². The number of benzene rings is 2. The van der Waals surface area contributed by atoms with Gasteiger partial charge in [0.1, 0.15) is 5.75 Å². The van der Waals surface area contributed by atoms with Crippen molar-refractivity contribution in [2.45, 2.75) is 12.5 Å². The minimum absolute atomic E-state index is 0.0342. The first-order valence-electron chi connectivity index (χ1n) is 9.45. The van der Waals surface area contributed by atoms with Crippen LogP contribution in [0.2, 0.25) is 0 Å². The Morgan fingerprint density at radius 3 is 2.31 bits per heavy atom. The number of nitrogens with zero attached hydrogens (tertiary/aromatic N) is 2. The van der Waals surface area contributed by atoms with Crippen LogP contribution in [-0.4, -0.2) is 57.9 Å². The highest BCUT2D eigenvalue weighted by molar-refractivity contribution is 7.88. The predicted octanol–water partition coefficient (Wildman–Crippen LogP) is 2.61. The molecule has 2 amide bonds. The summed E-state index contributed by atoms with van der Waals surface area (Å²) in [6.45, 7) is -0.316. The lowest BCUT2D eigenvalue weighted by Crippen LogP contribution is -2.44. The van der Waals surface area contributed by atoms with Crippen molar-refractivity contribution in [3.63, 3.8) is 0 Å². The van der Waals surface area contributed by atoms with Gasteiger partial charge in [0.25, 0.3) is 0 Å². The smallest absolute Gasteiger partial charge is 0.335 e. The molecular formula is C20H22F3N3O5S. The first kappa shape index (κ1) is 23.7. The number of hydrogen-bond donors (Lipinski definition) is 1. The number of methoxy groups -OCH3 is 2. The van der Waals surface area contributed by atoms with Crippen molar-refractivity contribution in [2.24, 2.45) is 0 Å². The van der Waals surface area contributed by atoms with Crippen LogP contribution >= 0.6 is 0 Å². The molecule has 8 nitrogen and oxygen atoms in total. The summed E-state index contributed by atoms with van der Waals surface area (Å²) in [5.74, 6) is -4.29. The fourth-order valence-corrected chi connectivity index (χ4v) is 4.05. The van der Waals surface area contributed by atoms with Crippen LogP contribution in [0.5, 0.6) is 11.5 Å². The van der Waals surface area contributed by atoms with Gasteiger partial charge < -0.3 is 14.4 Å². The lowest BCUT2D eigenvalue weighted by Gasteiger charge is -2.24. The maximum absolute atomic E-state index is 14.8. The summed E-state index contributed by atoms with van der Waals surface area (Å²) < 4.78 is 76.3. The quantitative estimate of drug-likeness (QED) is 0.596. The van der Waals surface area contributed by atoms with E-state index in [9.17, 15) is 26.4 Å². The Morgan fingerprint density at radius 1 is 1.09 bits per heavy atom. The summed E-state index contributed by atoms with van der Waals surface area (Å²) in [6, 6.07) is 5.82. The zero-order chi connectivity index (χ0) is 23.6. The first-order chi connectivity index (χ1) is 15.1. The molecule has 12 heteroatoms. The van der Waals surface area contributed by atoms with E-state index < -0.39 is 50.9 Å². The van der Waals surface area contributed by atoms with Gasteiger partial charge in [0.2, 0.25) is 15.8 Å². The molecule has 1 fully saturated rings. The minimum atomic E-state index is -3.83. The number of rotatable bonds is 8. The molecular weight excluding hydrogens is 451 g/mol. The van der Waals surface area contributed by atoms with E-state index in [2.05, 4.69) is 4.74 Å². The maximum Gasteiger partial charge on any atom is 0.335 e. The Bertz CT molecular complexity index is 1110. The molecule has 0 aromatic heterocycles. The molecule has 1 aliphatic heterocycles. The average Bonchev–Trinajstić information content (AvgIpc) is 3.03. The number of sulfonamides is 1. The first-order valence-corrected chi connectivity index (χ1v) is 11.3. The molecule has 1 unspecified atom stereocenters. The largest absolute Gasteiger partial charge is 0.497 e. The summed E-state index contributed by atoms with van der Waals surface area (Å²) in [5.41, 5.74) is 0.390. The van der Waals surface area contributed by atoms with Crippen molar-refractivity contribution < 1.29 is 35.9 Å². The summed E-state index contributed by atoms with van der Waals surface area (Å²) in [4.78, 5) is 16.1. The van der Waals surface area contributed by atoms with Crippen molar-refractivity contribution >= 4 is 16.1 Å². The van der Waals surface area contributed by atoms with Crippen LogP contribution in [0.4, 0.5) is 18.0 Å². The Kier molecular flexibility index (Phi) is 6.84. The van der Waals surface area contributed by atoms with Gasteiger partial charge in [0, 0.05) is 12.1 Å². The molecule has 32 heavy (non-hydrogen) atoms. The highest BCUT2D eigenvalue weighted by atomic mass is 32.2. The Labute approximate surface area is 183 Å². The zero-order valence-corrected chi connectivity index (χ0v) is 18.4. The monoisotopic (exact) mass is 473 g/mol. The lowest BCUT2D eigenvalue weighted by molar-refractivity contribution is 0.182. The predicted molar refractivity (Wildman–Crippen MR) is 109 cm³/mol. The van der Waals surface area contributed by atoms with Gasteiger partial charge in [-0.25, -0.2) is 27.0 Å². The second-order valence-electron chi connectivity index (χ2n) is 7.17. The highest BCUT2D eigenvalue weighted by Crippen LogP contribution is 2.35. The molecule has 1 atom stereocenters. The van der Waals surface area contributed by atoms with Crippen molar-refractivity contribution in [3.05, 3.63) is 58.9 Å². The average molecular weight is 473 g/mol. The molecule has 0 bridgehead atoms. The lowest BCUT2D eigenvalue weighted by atomic mass is 10.0. The SMILES string of the molecule is COc1ccc(CCN2C(=O)N(NS(C)(=O)=O)CC2c2cc(F)c(OC)c(F)c2F)cc1. The Hall–Kier alpha value is -2.99. The van der Waals surface area contributed by atoms with Crippen molar-refractivity contribution in [3.8, 4) is 11.5 Å². The fraction of sp³-hybridized carbons (Fsp3) is 0.350. The van der Waals surface area contributed by atoms with Crippen molar-refractivity contribution in [1.29, 1.82) is 0 Å². The topological polar surface area (TPSA) is 88.2 Å². The molecule has 2 aromatic carbocycles. The third-order valence-electron chi connectivity index (χ3n) is 4.99. The summed E-state index contributed by atoms with van der Waals surface area (Å²) in [5, 5.41) is 0.771. The summed E-state index contributed by atoms with van der Waals surface area (Å²) >= 11 is 0. The molecule has 1 saturated heterocycles. The number of urea groups is 1. The molecule has 1 N–H and O–H groups in total. The molecule has 1 heterocycles. The van der Waals surface area contributed by atoms with Gasteiger partial charge >= 0.3 is 6.03 Å². The second-order valence-corrected chi connectivity index (χ2v) is 8.90. The molecule has 174 valence electrons. The maximum atomic E-state index is 14.8. The van der Waals surface area contributed by atoms with Gasteiger partial charge in [0.05, 0.1) is 33.1 Å². The van der Waals surface area contributed by atoms with Crippen LogP contribution in [0.15, 0.2) is 30.3 Å². The van der Waals surface area contributed by atoms with Gasteiger partial charge in [-0.05, 0) is 30.2 Å². The molecule has 1 aliphatic rings. The Morgan fingerprint density at radius 2 is 1.75 bits per heavy atom. The van der Waals surface area contributed by atoms with Gasteiger partial charge in [-0.2, -0.15) is 4.39 Å². The number of ether oxygens (including phenoxy) is 2. The number of hydrazine groups is 1. The van der Waals surface area contributed by atoms with Gasteiger partial charge in [-0.15, -0.1) is 4.83 Å². The van der Waals surface area contributed by atoms with E-state index in [4.69, 9.17) is 4.74 Å². The van der Waals surface area contributed by atoms with E-state index >= 15 is 0 Å². The van der Waals surface area contributed by atoms with Crippen molar-refractivity contribution in [2.75, 3.05) is 33.6 Å². The number of amides is 2. The normalized spacial score (nSPS) is 16.6. The molecule has 0 saturated carbocycles. The molecule has 2 aromatic rings. The summed E-state index contributed by atoms with van der Waals surface area (Å²) in [7, 11) is -1.31. The van der Waals surface area contributed by atoms with Crippen LogP contribution < -0.4 is 14.3 Å². The van der Waals surface area contributed by atoms with Gasteiger partial charge in [0.15, 0.2) is 17.4 Å². The van der Waals surface area contributed by atoms with E-state index in [0.717, 1.165) is 34.9 Å². The van der Waals surface area contributed by atoms with Gasteiger partial charge in [-0.3, -0.25) is 0 Å². The fourth-order valence-electron chi connectivity index (χ4n) is 3.50. The molecule has 0 aliphatic carbocycles. The third kappa shape index (κ3) is 4.91. The summed E-state index contributed by atoms with van der Waals surface area (Å²) in [6.07, 6.45) is 1.17. The third-order valence-corrected chi connectivity index (χ3v) is 5.54. The number of hydrogen-bond acceptors (Lipinski definition) is 5. The molecule has 0 radical (unpaired) electrons. The second kappa shape index (κ2) is 9.25. The van der Waals surface area contributed by atoms with E-state index in [1.807, 2.05) is 4.83 Å². The number of carbonyl (C=O) groups is 1. The van der Waals surface area contributed by atoms with Crippen LogP contribution in [0, 0.1) is 17.5 Å². The standard InChI is InChI=1S/C20H22F3N3O5S/c1-30-13-6-4-12(5-7-13)8-9-25-16(11-26(20(25)27)24-32(3,28)29)14-10-15(21)19(31-2)18(23)17(14)22/h4-7,10,16,24H,8-9,11H2,1-3H3.